The van der Waals surface area contributed by atoms with E-state index < -0.39 is 21.9 Å². The Balaban J connectivity index is 2.17. The van der Waals surface area contributed by atoms with Crippen molar-refractivity contribution in [3.63, 3.8) is 0 Å². The van der Waals surface area contributed by atoms with Gasteiger partial charge in [-0.05, 0) is 50.8 Å². The number of carbonyl (C=O) groups excluding carboxylic acids is 1. The molecule has 9 heteroatoms. The molecule has 1 aromatic carbocycles. The molecule has 2 N–H and O–H groups in total. The van der Waals surface area contributed by atoms with E-state index in [4.69, 9.17) is 9.84 Å². The van der Waals surface area contributed by atoms with Crippen LogP contribution in [0.5, 0.6) is 5.75 Å². The molecule has 1 aliphatic rings. The van der Waals surface area contributed by atoms with E-state index in [1.165, 1.54) is 26.2 Å². The third-order valence-corrected chi connectivity index (χ3v) is 6.55. The van der Waals surface area contributed by atoms with Crippen LogP contribution in [0.1, 0.15) is 32.6 Å². The molecule has 0 aromatic heterocycles. The third kappa shape index (κ3) is 4.98. The van der Waals surface area contributed by atoms with Crippen molar-refractivity contribution >= 4 is 27.6 Å². The van der Waals surface area contributed by atoms with E-state index in [1.807, 2.05) is 0 Å². The Labute approximate surface area is 159 Å². The Morgan fingerprint density at radius 2 is 1.78 bits per heavy atom. The number of nitrogens with zero attached hydrogens (tertiary/aromatic N) is 1. The molecule has 1 amide bonds. The lowest BCUT2D eigenvalue weighted by Gasteiger charge is -2.25. The number of carbonyl (C=O) groups is 2. The van der Waals surface area contributed by atoms with Crippen molar-refractivity contribution in [1.29, 1.82) is 0 Å². The number of amides is 1. The normalized spacial score (nSPS) is 20.3. The summed E-state index contributed by atoms with van der Waals surface area (Å²) < 4.78 is 31.6. The minimum Gasteiger partial charge on any atom is -0.492 e. The lowest BCUT2D eigenvalue weighted by molar-refractivity contribution is -0.143. The van der Waals surface area contributed by atoms with Gasteiger partial charge in [-0.25, -0.2) is 12.7 Å². The van der Waals surface area contributed by atoms with E-state index in [0.717, 1.165) is 4.31 Å². The lowest BCUT2D eigenvalue weighted by atomic mass is 9.81. The monoisotopic (exact) mass is 398 g/mol. The summed E-state index contributed by atoms with van der Waals surface area (Å²) in [7, 11) is -0.882. The number of carboxylic acid groups (broad SMARTS) is 1. The molecule has 1 fully saturated rings. The predicted octanol–water partition coefficient (Wildman–Crippen LogP) is 2.17. The number of nitrogens with one attached hydrogen (secondary N) is 1. The molecule has 0 aliphatic heterocycles. The maximum Gasteiger partial charge on any atom is 0.306 e. The van der Waals surface area contributed by atoms with Gasteiger partial charge in [0.25, 0.3) is 0 Å². The van der Waals surface area contributed by atoms with Gasteiger partial charge in [0.15, 0.2) is 0 Å². The van der Waals surface area contributed by atoms with Gasteiger partial charge in [-0.15, -0.1) is 0 Å². The highest BCUT2D eigenvalue weighted by molar-refractivity contribution is 7.89. The van der Waals surface area contributed by atoms with E-state index in [-0.39, 0.29) is 22.5 Å². The average Bonchev–Trinajstić information content (AvgIpc) is 2.63. The Morgan fingerprint density at radius 3 is 2.30 bits per heavy atom. The summed E-state index contributed by atoms with van der Waals surface area (Å²) in [6.45, 7) is 2.07. The summed E-state index contributed by atoms with van der Waals surface area (Å²) in [6.07, 6.45) is 1.94. The van der Waals surface area contributed by atoms with E-state index in [1.54, 1.807) is 13.0 Å². The molecule has 1 saturated carbocycles. The number of ether oxygens (including phenoxy) is 1. The fraction of sp³-hybridized carbons (Fsp3) is 0.556. The number of rotatable bonds is 7. The molecular weight excluding hydrogens is 372 g/mol. The predicted molar refractivity (Wildman–Crippen MR) is 100 cm³/mol. The number of benzene rings is 1. The van der Waals surface area contributed by atoms with Crippen LogP contribution in [0.3, 0.4) is 0 Å². The number of sulfonamides is 1. The van der Waals surface area contributed by atoms with Crippen molar-refractivity contribution in [3.05, 3.63) is 18.2 Å². The SMILES string of the molecule is CCOc1ccc(NC(=O)C2CCC(C(=O)O)CC2)cc1S(=O)(=O)N(C)C. The van der Waals surface area contributed by atoms with Gasteiger partial charge in [0.05, 0.1) is 12.5 Å². The van der Waals surface area contributed by atoms with Crippen molar-refractivity contribution in [2.45, 2.75) is 37.5 Å². The van der Waals surface area contributed by atoms with Gasteiger partial charge in [-0.3, -0.25) is 9.59 Å². The summed E-state index contributed by atoms with van der Waals surface area (Å²) >= 11 is 0. The largest absolute Gasteiger partial charge is 0.492 e. The Kier molecular flexibility index (Phi) is 6.83. The average molecular weight is 398 g/mol. The molecule has 150 valence electrons. The Bertz CT molecular complexity index is 798. The zero-order chi connectivity index (χ0) is 20.2. The van der Waals surface area contributed by atoms with Crippen molar-refractivity contribution in [2.75, 3.05) is 26.0 Å². The van der Waals surface area contributed by atoms with Crippen LogP contribution in [0.15, 0.2) is 23.1 Å². The minimum atomic E-state index is -3.74. The summed E-state index contributed by atoms with van der Waals surface area (Å²) in [5.74, 6) is -1.49. The smallest absolute Gasteiger partial charge is 0.306 e. The number of carboxylic acids is 1. The van der Waals surface area contributed by atoms with Crippen LogP contribution in [0.2, 0.25) is 0 Å². The molecule has 0 unspecified atom stereocenters. The zero-order valence-electron chi connectivity index (χ0n) is 15.8. The number of hydrogen-bond donors (Lipinski definition) is 2. The van der Waals surface area contributed by atoms with Crippen LogP contribution in [-0.4, -0.2) is 50.4 Å². The molecule has 1 aromatic rings. The maximum atomic E-state index is 12.5. The molecule has 0 saturated heterocycles. The maximum absolute atomic E-state index is 12.5. The van der Waals surface area contributed by atoms with E-state index >= 15 is 0 Å². The second-order valence-corrected chi connectivity index (χ2v) is 8.88. The van der Waals surface area contributed by atoms with Crippen molar-refractivity contribution in [2.24, 2.45) is 11.8 Å². The van der Waals surface area contributed by atoms with E-state index in [2.05, 4.69) is 5.32 Å². The number of aliphatic carboxylic acids is 1. The van der Waals surface area contributed by atoms with Crippen molar-refractivity contribution < 1.29 is 27.9 Å². The Hall–Kier alpha value is -2.13. The van der Waals surface area contributed by atoms with Gasteiger partial charge in [0.1, 0.15) is 10.6 Å². The Morgan fingerprint density at radius 1 is 1.19 bits per heavy atom. The van der Waals surface area contributed by atoms with Gasteiger partial charge in [-0.1, -0.05) is 0 Å². The van der Waals surface area contributed by atoms with Crippen LogP contribution in [0.25, 0.3) is 0 Å². The van der Waals surface area contributed by atoms with E-state index in [9.17, 15) is 18.0 Å². The second-order valence-electron chi connectivity index (χ2n) is 6.76. The number of hydrogen-bond acceptors (Lipinski definition) is 5. The molecule has 8 nitrogen and oxygen atoms in total. The molecule has 0 heterocycles. The third-order valence-electron chi connectivity index (χ3n) is 4.72. The zero-order valence-corrected chi connectivity index (χ0v) is 16.6. The van der Waals surface area contributed by atoms with Crippen LogP contribution in [0, 0.1) is 11.8 Å². The first kappa shape index (κ1) is 21.2. The molecule has 27 heavy (non-hydrogen) atoms. The first-order chi connectivity index (χ1) is 12.7. The second kappa shape index (κ2) is 8.71. The van der Waals surface area contributed by atoms with Crippen LogP contribution in [0.4, 0.5) is 5.69 Å². The molecular formula is C18H26N2O6S. The summed E-state index contributed by atoms with van der Waals surface area (Å²) in [5, 5.41) is 11.8. The van der Waals surface area contributed by atoms with Gasteiger partial charge in [0.2, 0.25) is 15.9 Å². The molecule has 0 atom stereocenters. The number of anilines is 1. The summed E-state index contributed by atoms with van der Waals surface area (Å²) in [6, 6.07) is 4.51. The van der Waals surface area contributed by atoms with Gasteiger partial charge in [-0.2, -0.15) is 0 Å². The van der Waals surface area contributed by atoms with E-state index in [0.29, 0.717) is 38.0 Å². The van der Waals surface area contributed by atoms with Gasteiger partial charge < -0.3 is 15.2 Å². The fourth-order valence-corrected chi connectivity index (χ4v) is 4.16. The van der Waals surface area contributed by atoms with Crippen molar-refractivity contribution in [3.8, 4) is 5.75 Å². The highest BCUT2D eigenvalue weighted by Crippen LogP contribution is 2.32. The quantitative estimate of drug-likeness (QED) is 0.728. The fourth-order valence-electron chi connectivity index (χ4n) is 3.11. The van der Waals surface area contributed by atoms with Crippen LogP contribution < -0.4 is 10.1 Å². The topological polar surface area (TPSA) is 113 Å². The first-order valence-electron chi connectivity index (χ1n) is 8.89. The summed E-state index contributed by atoms with van der Waals surface area (Å²) in [5.41, 5.74) is 0.365. The standard InChI is InChI=1S/C18H26N2O6S/c1-4-26-15-10-9-14(11-16(15)27(24,25)20(2)3)19-17(21)12-5-7-13(8-6-12)18(22)23/h9-13H,4-8H2,1-3H3,(H,19,21)(H,22,23). The molecule has 2 rings (SSSR count). The molecule has 1 aliphatic carbocycles. The first-order valence-corrected chi connectivity index (χ1v) is 10.3. The molecule has 0 spiro atoms. The van der Waals surface area contributed by atoms with Gasteiger partial charge >= 0.3 is 5.97 Å². The molecule has 0 bridgehead atoms. The highest BCUT2D eigenvalue weighted by Gasteiger charge is 2.30. The van der Waals surface area contributed by atoms with Crippen molar-refractivity contribution in [1.82, 2.24) is 4.31 Å². The minimum absolute atomic E-state index is 0.0123. The van der Waals surface area contributed by atoms with Crippen LogP contribution in [-0.2, 0) is 19.6 Å². The van der Waals surface area contributed by atoms with Crippen LogP contribution >= 0.6 is 0 Å². The lowest BCUT2D eigenvalue weighted by Crippen LogP contribution is -2.29. The van der Waals surface area contributed by atoms with Gasteiger partial charge in [0, 0.05) is 25.7 Å². The molecule has 0 radical (unpaired) electrons. The summed E-state index contributed by atoms with van der Waals surface area (Å²) in [4.78, 5) is 23.5. The highest BCUT2D eigenvalue weighted by atomic mass is 32.2.